The molecule has 12 nitrogen and oxygen atoms in total. The van der Waals surface area contributed by atoms with Gasteiger partial charge in [0, 0.05) is 17.1 Å². The molecule has 2 rings (SSSR count). The predicted molar refractivity (Wildman–Crippen MR) is 127 cm³/mol. The van der Waals surface area contributed by atoms with E-state index in [2.05, 4.69) is 9.47 Å². The van der Waals surface area contributed by atoms with Crippen LogP contribution in [0.5, 0.6) is 11.5 Å². The van der Waals surface area contributed by atoms with Crippen LogP contribution in [-0.2, 0) is 49.0 Å². The van der Waals surface area contributed by atoms with Crippen LogP contribution in [0.2, 0.25) is 0 Å². The van der Waals surface area contributed by atoms with E-state index in [-0.39, 0.29) is 43.1 Å². The van der Waals surface area contributed by atoms with Crippen molar-refractivity contribution in [3.05, 3.63) is 59.7 Å². The Morgan fingerprint density at radius 2 is 0.973 bits per heavy atom. The van der Waals surface area contributed by atoms with Gasteiger partial charge in [0.25, 0.3) is 0 Å². The molecule has 0 bridgehead atoms. The molecule has 0 fully saturated rings. The van der Waals surface area contributed by atoms with Crippen LogP contribution < -0.4 is 20.9 Å². The summed E-state index contributed by atoms with van der Waals surface area (Å²) in [4.78, 5) is 43.2. The summed E-state index contributed by atoms with van der Waals surface area (Å²) in [6, 6.07) is 10.9. The number of ether oxygens (including phenoxy) is 4. The van der Waals surface area contributed by atoms with Crippen LogP contribution in [0.1, 0.15) is 25.0 Å². The van der Waals surface area contributed by atoms with Crippen LogP contribution >= 0.6 is 0 Å². The van der Waals surface area contributed by atoms with Crippen molar-refractivity contribution >= 4 is 24.2 Å². The van der Waals surface area contributed by atoms with Gasteiger partial charge in [-0.2, -0.15) is 0 Å². The minimum atomic E-state index is -1.05. The molecule has 0 aromatic heterocycles. The summed E-state index contributed by atoms with van der Waals surface area (Å²) >= 11 is 0. The Kier molecular flexibility index (Phi) is 16.0. The van der Waals surface area contributed by atoms with Crippen LogP contribution in [0.4, 0.5) is 9.59 Å². The molecule has 1 radical (unpaired) electrons. The van der Waals surface area contributed by atoms with Crippen molar-refractivity contribution in [2.75, 3.05) is 13.2 Å². The number of hydrogen-bond donors (Lipinski definition) is 4. The third-order valence-electron chi connectivity index (χ3n) is 4.32. The van der Waals surface area contributed by atoms with Crippen LogP contribution in [0, 0.1) is 0 Å². The zero-order chi connectivity index (χ0) is 27.1. The van der Waals surface area contributed by atoms with E-state index in [0.29, 0.717) is 11.5 Å². The van der Waals surface area contributed by atoms with Crippen molar-refractivity contribution in [3.63, 3.8) is 0 Å². The number of hydrogen-bond acceptors (Lipinski definition) is 10. The zero-order valence-corrected chi connectivity index (χ0v) is 21.2. The molecule has 0 amide bonds. The molecule has 0 heterocycles. The Balaban J connectivity index is 0.000000682. The Labute approximate surface area is 224 Å². The molecular weight excluding hydrogens is 540 g/mol. The van der Waals surface area contributed by atoms with E-state index >= 15 is 0 Å². The number of carbonyl (C=O) groups excluding carboxylic acids is 2. The Bertz CT molecular complexity index is 918. The Morgan fingerprint density at radius 3 is 1.22 bits per heavy atom. The molecule has 2 atom stereocenters. The fourth-order valence-electron chi connectivity index (χ4n) is 2.56. The van der Waals surface area contributed by atoms with Crippen molar-refractivity contribution in [2.24, 2.45) is 11.5 Å². The maximum absolute atomic E-state index is 11.0. The summed E-state index contributed by atoms with van der Waals surface area (Å²) in [5.74, 6) is -1.44. The van der Waals surface area contributed by atoms with Gasteiger partial charge >= 0.3 is 24.2 Å². The molecule has 0 aliphatic heterocycles. The van der Waals surface area contributed by atoms with Crippen LogP contribution in [0.15, 0.2) is 48.5 Å². The van der Waals surface area contributed by atoms with E-state index in [0.717, 1.165) is 11.1 Å². The monoisotopic (exact) mass is 569 g/mol. The summed E-state index contributed by atoms with van der Waals surface area (Å²) < 4.78 is 18.9. The second-order valence-corrected chi connectivity index (χ2v) is 7.16. The van der Waals surface area contributed by atoms with Crippen molar-refractivity contribution in [2.45, 2.75) is 38.8 Å². The first kappa shape index (κ1) is 33.4. The van der Waals surface area contributed by atoms with E-state index < -0.39 is 36.3 Å². The first-order chi connectivity index (χ1) is 17.0. The minimum absolute atomic E-state index is 0. The fraction of sp³-hybridized carbons (Fsp3) is 0.333. The number of carboxylic acid groups (broad SMARTS) is 2. The Morgan fingerprint density at radius 1 is 0.676 bits per heavy atom. The fourth-order valence-corrected chi connectivity index (χ4v) is 2.56. The number of nitrogens with two attached hydrogens (primary N) is 2. The molecule has 0 spiro atoms. The molecule has 0 saturated carbocycles. The number of carboxylic acids is 2. The maximum atomic E-state index is 11.0. The summed E-state index contributed by atoms with van der Waals surface area (Å²) in [6.07, 6.45) is -1.11. The van der Waals surface area contributed by atoms with Crippen molar-refractivity contribution in [1.82, 2.24) is 0 Å². The number of carbonyl (C=O) groups is 4. The molecule has 0 saturated heterocycles. The van der Waals surface area contributed by atoms with Gasteiger partial charge in [-0.1, -0.05) is 24.3 Å². The van der Waals surface area contributed by atoms with Gasteiger partial charge < -0.3 is 40.6 Å². The molecule has 6 N–H and O–H groups in total. The largest absolute Gasteiger partial charge is 0.513 e. The molecule has 0 aliphatic carbocycles. The van der Waals surface area contributed by atoms with Gasteiger partial charge in [0.15, 0.2) is 0 Å². The van der Waals surface area contributed by atoms with Gasteiger partial charge in [0.05, 0.1) is 13.2 Å². The molecule has 2 aromatic rings. The SMILES string of the molecule is CCOC(=O)Oc1ccc(CC(N)C(=O)O)cc1.CCOC(=O)Oc1ccc(CC(N)C(=O)O)cc1.[Cu]. The normalized spacial score (nSPS) is 11.4. The number of rotatable bonds is 10. The number of aliphatic carboxylic acids is 2. The molecule has 0 aliphatic rings. The first-order valence-corrected chi connectivity index (χ1v) is 10.9. The molecule has 207 valence electrons. The molecule has 37 heavy (non-hydrogen) atoms. The molecule has 2 unspecified atom stereocenters. The third kappa shape index (κ3) is 13.9. The van der Waals surface area contributed by atoms with Crippen molar-refractivity contribution < 1.29 is 65.4 Å². The standard InChI is InChI=1S/2C12H15NO5.Cu/c2*1-2-17-12(16)18-9-5-3-8(4-6-9)7-10(13)11(14)15;/h2*3-6,10H,2,7,13H2,1H3,(H,14,15);. The van der Waals surface area contributed by atoms with E-state index in [4.69, 9.17) is 31.2 Å². The molecule has 2 aromatic carbocycles. The van der Waals surface area contributed by atoms with Gasteiger partial charge in [-0.15, -0.1) is 0 Å². The van der Waals surface area contributed by atoms with E-state index in [9.17, 15) is 19.2 Å². The van der Waals surface area contributed by atoms with Gasteiger partial charge in [-0.25, -0.2) is 9.59 Å². The minimum Gasteiger partial charge on any atom is -0.480 e. The van der Waals surface area contributed by atoms with Crippen molar-refractivity contribution in [3.8, 4) is 11.5 Å². The van der Waals surface area contributed by atoms with Gasteiger partial charge in [0.2, 0.25) is 0 Å². The van der Waals surface area contributed by atoms with Gasteiger partial charge in [-0.05, 0) is 62.1 Å². The third-order valence-corrected chi connectivity index (χ3v) is 4.32. The second-order valence-electron chi connectivity index (χ2n) is 7.16. The summed E-state index contributed by atoms with van der Waals surface area (Å²) in [7, 11) is 0. The van der Waals surface area contributed by atoms with Crippen LogP contribution in [0.25, 0.3) is 0 Å². The molecule has 13 heteroatoms. The molecular formula is C24H30CuN2O10. The van der Waals surface area contributed by atoms with Crippen LogP contribution in [-0.4, -0.2) is 59.8 Å². The first-order valence-electron chi connectivity index (χ1n) is 10.9. The van der Waals surface area contributed by atoms with Gasteiger partial charge in [-0.3, -0.25) is 9.59 Å². The van der Waals surface area contributed by atoms with E-state index in [1.54, 1.807) is 62.4 Å². The summed E-state index contributed by atoms with van der Waals surface area (Å²) in [5.41, 5.74) is 12.3. The Hall–Kier alpha value is -3.64. The maximum Gasteiger partial charge on any atom is 0.513 e. The van der Waals surface area contributed by atoms with Crippen LogP contribution in [0.3, 0.4) is 0 Å². The van der Waals surface area contributed by atoms with E-state index in [1.807, 2.05) is 0 Å². The smallest absolute Gasteiger partial charge is 0.480 e. The summed E-state index contributed by atoms with van der Waals surface area (Å²) in [5, 5.41) is 17.3. The summed E-state index contributed by atoms with van der Waals surface area (Å²) in [6.45, 7) is 3.84. The zero-order valence-electron chi connectivity index (χ0n) is 20.2. The average molecular weight is 570 g/mol. The van der Waals surface area contributed by atoms with Gasteiger partial charge in [0.1, 0.15) is 23.6 Å². The quantitative estimate of drug-likeness (QED) is 0.185. The number of benzene rings is 2. The average Bonchev–Trinajstić information content (AvgIpc) is 2.82. The van der Waals surface area contributed by atoms with E-state index in [1.165, 1.54) is 0 Å². The topological polar surface area (TPSA) is 198 Å². The van der Waals surface area contributed by atoms with Crippen molar-refractivity contribution in [1.29, 1.82) is 0 Å². The predicted octanol–water partition coefficient (Wildman–Crippen LogP) is 2.35. The second kappa shape index (κ2) is 17.7.